The highest BCUT2D eigenvalue weighted by atomic mass is 32.1. The number of aryl methyl sites for hydroxylation is 1. The molecule has 2 rings (SSSR count). The molecule has 8 heteroatoms. The Morgan fingerprint density at radius 1 is 1.63 bits per heavy atom. The number of thiophene rings is 1. The number of rotatable bonds is 4. The average Bonchev–Trinajstić information content (AvgIpc) is 2.90. The molecule has 0 unspecified atom stereocenters. The molecular formula is C11H11N5O2S. The minimum Gasteiger partial charge on any atom is -0.396 e. The van der Waals surface area contributed by atoms with Crippen LogP contribution in [0.3, 0.4) is 0 Å². The molecule has 0 aliphatic carbocycles. The Balaban J connectivity index is 2.23. The molecule has 0 amide bonds. The van der Waals surface area contributed by atoms with Crippen LogP contribution in [-0.4, -0.2) is 15.9 Å². The fourth-order valence-electron chi connectivity index (χ4n) is 1.51. The lowest BCUT2D eigenvalue weighted by atomic mass is 10.2. The summed E-state index contributed by atoms with van der Waals surface area (Å²) in [7, 11) is 0. The van der Waals surface area contributed by atoms with Crippen molar-refractivity contribution in [2.45, 2.75) is 20.4 Å². The lowest BCUT2D eigenvalue weighted by Crippen LogP contribution is -2.00. The van der Waals surface area contributed by atoms with E-state index in [9.17, 15) is 4.79 Å². The molecule has 2 aromatic heterocycles. The summed E-state index contributed by atoms with van der Waals surface area (Å²) in [6, 6.07) is 1.98. The van der Waals surface area contributed by atoms with E-state index in [4.69, 9.17) is 15.5 Å². The number of nitrogens with zero attached hydrogens (tertiary/aromatic N) is 3. The molecule has 19 heavy (non-hydrogen) atoms. The van der Waals surface area contributed by atoms with Crippen molar-refractivity contribution in [1.29, 1.82) is 5.26 Å². The lowest BCUT2D eigenvalue weighted by molar-refractivity contribution is 0.102. The molecule has 0 aliphatic heterocycles. The first-order chi connectivity index (χ1) is 9.02. The summed E-state index contributed by atoms with van der Waals surface area (Å²) in [6.45, 7) is 3.39. The summed E-state index contributed by atoms with van der Waals surface area (Å²) in [5.74, 6) is 0.769. The predicted octanol–water partition coefficient (Wildman–Crippen LogP) is 1.71. The number of Topliss-reactive ketones (excluding diaryl/α,β-unsaturated/α-hetero) is 1. The van der Waals surface area contributed by atoms with Crippen LogP contribution in [0.25, 0.3) is 0 Å². The van der Waals surface area contributed by atoms with Crippen LogP contribution in [0.4, 0.5) is 10.7 Å². The molecule has 0 fully saturated rings. The summed E-state index contributed by atoms with van der Waals surface area (Å²) >= 11 is 1.15. The highest BCUT2D eigenvalue weighted by Gasteiger charge is 2.18. The Hall–Kier alpha value is -2.40. The number of hydrogen-bond donors (Lipinski definition) is 2. The van der Waals surface area contributed by atoms with E-state index >= 15 is 0 Å². The van der Waals surface area contributed by atoms with Crippen molar-refractivity contribution in [3.8, 4) is 6.07 Å². The average molecular weight is 277 g/mol. The molecule has 2 aromatic rings. The van der Waals surface area contributed by atoms with Gasteiger partial charge in [0.1, 0.15) is 16.6 Å². The first-order valence-electron chi connectivity index (χ1n) is 5.39. The number of nitrogens with one attached hydrogen (secondary N) is 1. The molecule has 0 saturated heterocycles. The topological polar surface area (TPSA) is 118 Å². The van der Waals surface area contributed by atoms with Gasteiger partial charge < -0.3 is 15.6 Å². The second kappa shape index (κ2) is 5.07. The minimum absolute atomic E-state index is 0.166. The lowest BCUT2D eigenvalue weighted by Gasteiger charge is -1.99. The zero-order valence-electron chi connectivity index (χ0n) is 10.4. The van der Waals surface area contributed by atoms with Crippen LogP contribution < -0.4 is 11.1 Å². The van der Waals surface area contributed by atoms with E-state index in [0.29, 0.717) is 21.6 Å². The summed E-state index contributed by atoms with van der Waals surface area (Å²) in [6.07, 6.45) is 0. The monoisotopic (exact) mass is 277 g/mol. The van der Waals surface area contributed by atoms with Crippen molar-refractivity contribution < 1.29 is 9.32 Å². The van der Waals surface area contributed by atoms with Gasteiger partial charge in [-0.1, -0.05) is 5.16 Å². The number of nitriles is 1. The van der Waals surface area contributed by atoms with Crippen molar-refractivity contribution >= 4 is 27.8 Å². The maximum Gasteiger partial charge on any atom is 0.245 e. The van der Waals surface area contributed by atoms with E-state index in [1.54, 1.807) is 6.92 Å². The highest BCUT2D eigenvalue weighted by Crippen LogP contribution is 2.35. The number of ketones is 1. The van der Waals surface area contributed by atoms with Crippen molar-refractivity contribution in [3.05, 3.63) is 22.2 Å². The first kappa shape index (κ1) is 13.0. The van der Waals surface area contributed by atoms with Crippen molar-refractivity contribution in [2.24, 2.45) is 0 Å². The van der Waals surface area contributed by atoms with Crippen LogP contribution in [-0.2, 0) is 6.54 Å². The van der Waals surface area contributed by atoms with E-state index in [2.05, 4.69) is 15.5 Å². The minimum atomic E-state index is -0.166. The number of anilines is 2. The van der Waals surface area contributed by atoms with Gasteiger partial charge in [-0.25, -0.2) is 0 Å². The third-order valence-corrected chi connectivity index (χ3v) is 3.61. The fourth-order valence-corrected chi connectivity index (χ4v) is 2.47. The summed E-state index contributed by atoms with van der Waals surface area (Å²) in [5.41, 5.74) is 6.25. The molecule has 0 aromatic carbocycles. The van der Waals surface area contributed by atoms with E-state index in [1.807, 2.05) is 6.07 Å². The molecule has 0 bridgehead atoms. The molecular weight excluding hydrogens is 266 g/mol. The van der Waals surface area contributed by atoms with Gasteiger partial charge in [-0.2, -0.15) is 10.2 Å². The predicted molar refractivity (Wildman–Crippen MR) is 69.8 cm³/mol. The molecule has 7 nitrogen and oxygen atoms in total. The Kier molecular flexibility index (Phi) is 3.48. The Morgan fingerprint density at radius 3 is 2.89 bits per heavy atom. The van der Waals surface area contributed by atoms with Gasteiger partial charge in [-0.05, 0) is 6.92 Å². The number of hydrogen-bond acceptors (Lipinski definition) is 8. The number of carbonyl (C=O) groups is 1. The zero-order valence-corrected chi connectivity index (χ0v) is 11.2. The van der Waals surface area contributed by atoms with Gasteiger partial charge >= 0.3 is 0 Å². The number of nitrogen functional groups attached to an aromatic ring is 1. The smallest absolute Gasteiger partial charge is 0.245 e. The first-order valence-corrected chi connectivity index (χ1v) is 6.21. The largest absolute Gasteiger partial charge is 0.396 e. The van der Waals surface area contributed by atoms with Crippen LogP contribution in [0, 0.1) is 18.3 Å². The van der Waals surface area contributed by atoms with Gasteiger partial charge in [-0.3, -0.25) is 4.79 Å². The number of carbonyl (C=O) groups excluding carboxylic acids is 1. The van der Waals surface area contributed by atoms with Crippen molar-refractivity contribution in [2.75, 3.05) is 11.1 Å². The molecule has 0 aliphatic rings. The quantitative estimate of drug-likeness (QED) is 0.816. The Labute approximate surface area is 113 Å². The van der Waals surface area contributed by atoms with E-state index < -0.39 is 0 Å². The third-order valence-electron chi connectivity index (χ3n) is 2.35. The molecule has 0 spiro atoms. The molecule has 0 atom stereocenters. The molecule has 0 radical (unpaired) electrons. The van der Waals surface area contributed by atoms with Gasteiger partial charge in [0.05, 0.1) is 17.1 Å². The normalized spacial score (nSPS) is 10.2. The van der Waals surface area contributed by atoms with E-state index in [1.165, 1.54) is 6.92 Å². The van der Waals surface area contributed by atoms with E-state index in [-0.39, 0.29) is 23.6 Å². The summed E-state index contributed by atoms with van der Waals surface area (Å²) in [5, 5.41) is 16.2. The molecule has 2 heterocycles. The van der Waals surface area contributed by atoms with Gasteiger partial charge in [-0.15, -0.1) is 11.3 Å². The third kappa shape index (κ3) is 2.56. The van der Waals surface area contributed by atoms with Crippen molar-refractivity contribution in [3.63, 3.8) is 0 Å². The van der Waals surface area contributed by atoms with Gasteiger partial charge in [0.25, 0.3) is 0 Å². The van der Waals surface area contributed by atoms with Gasteiger partial charge in [0.2, 0.25) is 5.89 Å². The van der Waals surface area contributed by atoms with Crippen LogP contribution in [0.15, 0.2) is 4.52 Å². The highest BCUT2D eigenvalue weighted by molar-refractivity contribution is 7.18. The van der Waals surface area contributed by atoms with Crippen molar-refractivity contribution in [1.82, 2.24) is 10.1 Å². The van der Waals surface area contributed by atoms with Crippen LogP contribution in [0.5, 0.6) is 0 Å². The standard InChI is InChI=1S/C11H11N5O2S/c1-5(17)10-9(13)7(3-12)11(19-10)14-4-8-15-6(2)16-18-8/h14H,4,13H2,1-2H3. The van der Waals surface area contributed by atoms with Gasteiger partial charge in [0, 0.05) is 6.92 Å². The fraction of sp³-hybridized carbons (Fsp3) is 0.273. The SMILES string of the molecule is CC(=O)c1sc(NCc2nc(C)no2)c(C#N)c1N. The zero-order chi connectivity index (χ0) is 14.0. The number of aromatic nitrogens is 2. The molecule has 98 valence electrons. The summed E-state index contributed by atoms with van der Waals surface area (Å²) < 4.78 is 4.94. The molecule has 3 N–H and O–H groups in total. The van der Waals surface area contributed by atoms with Gasteiger partial charge in [0.15, 0.2) is 11.6 Å². The van der Waals surface area contributed by atoms with Crippen LogP contribution in [0.1, 0.15) is 33.9 Å². The Morgan fingerprint density at radius 2 is 2.37 bits per heavy atom. The second-order valence-corrected chi connectivity index (χ2v) is 4.83. The number of nitrogens with two attached hydrogens (primary N) is 1. The maximum absolute atomic E-state index is 11.4. The van der Waals surface area contributed by atoms with Crippen LogP contribution >= 0.6 is 11.3 Å². The summed E-state index contributed by atoms with van der Waals surface area (Å²) in [4.78, 5) is 15.8. The van der Waals surface area contributed by atoms with E-state index in [0.717, 1.165) is 11.3 Å². The van der Waals surface area contributed by atoms with Crippen LogP contribution in [0.2, 0.25) is 0 Å². The Bertz CT molecular complexity index is 667. The maximum atomic E-state index is 11.4. The second-order valence-electron chi connectivity index (χ2n) is 3.81. The molecule has 0 saturated carbocycles.